The summed E-state index contributed by atoms with van der Waals surface area (Å²) in [6.45, 7) is 3.85. The van der Waals surface area contributed by atoms with Crippen LogP contribution >= 0.6 is 11.8 Å². The summed E-state index contributed by atoms with van der Waals surface area (Å²) in [7, 11) is 0. The van der Waals surface area contributed by atoms with E-state index in [9.17, 15) is 9.59 Å². The Labute approximate surface area is 163 Å². The SMILES string of the molecule is CC1CCN(C(=O)c2ccc3c(c2)NC(=O)C(=Cc2ccccc2)S3)CC1. The van der Waals surface area contributed by atoms with Gasteiger partial charge in [-0.15, -0.1) is 0 Å². The van der Waals surface area contributed by atoms with E-state index in [1.807, 2.05) is 53.4 Å². The van der Waals surface area contributed by atoms with E-state index in [0.29, 0.717) is 22.1 Å². The van der Waals surface area contributed by atoms with Crippen LogP contribution in [0.25, 0.3) is 6.08 Å². The van der Waals surface area contributed by atoms with Crippen molar-refractivity contribution in [3.63, 3.8) is 0 Å². The van der Waals surface area contributed by atoms with Crippen LogP contribution in [0.2, 0.25) is 0 Å². The monoisotopic (exact) mass is 378 g/mol. The minimum Gasteiger partial charge on any atom is -0.339 e. The van der Waals surface area contributed by atoms with Gasteiger partial charge in [-0.3, -0.25) is 9.59 Å². The molecule has 2 aromatic carbocycles. The first-order chi connectivity index (χ1) is 13.1. The van der Waals surface area contributed by atoms with E-state index in [4.69, 9.17) is 0 Å². The molecule has 0 aliphatic carbocycles. The second-order valence-electron chi connectivity index (χ2n) is 7.16. The lowest BCUT2D eigenvalue weighted by atomic mass is 9.98. The Hall–Kier alpha value is -2.53. The summed E-state index contributed by atoms with van der Waals surface area (Å²) in [6.07, 6.45) is 3.99. The second-order valence-corrected chi connectivity index (χ2v) is 8.24. The summed E-state index contributed by atoms with van der Waals surface area (Å²) in [5.74, 6) is 0.602. The zero-order chi connectivity index (χ0) is 18.8. The van der Waals surface area contributed by atoms with Crippen LogP contribution in [0.15, 0.2) is 58.3 Å². The number of piperidine rings is 1. The highest BCUT2D eigenvalue weighted by Crippen LogP contribution is 2.39. The standard InChI is InChI=1S/C22H22N2O2S/c1-15-9-11-24(12-10-15)22(26)17-7-8-19-18(14-17)23-21(25)20(27-19)13-16-5-3-2-4-6-16/h2-8,13-15H,9-12H2,1H3,(H,23,25). The van der Waals surface area contributed by atoms with Crippen LogP contribution in [0.5, 0.6) is 0 Å². The molecule has 0 spiro atoms. The third-order valence-electron chi connectivity index (χ3n) is 5.09. The van der Waals surface area contributed by atoms with Crippen molar-refractivity contribution in [3.8, 4) is 0 Å². The number of likely N-dealkylation sites (tertiary alicyclic amines) is 1. The third kappa shape index (κ3) is 3.93. The molecule has 138 valence electrons. The molecule has 0 saturated carbocycles. The highest BCUT2D eigenvalue weighted by atomic mass is 32.2. The number of carbonyl (C=O) groups excluding carboxylic acids is 2. The molecule has 0 unspecified atom stereocenters. The van der Waals surface area contributed by atoms with Crippen LogP contribution in [0, 0.1) is 5.92 Å². The Bertz CT molecular complexity index is 900. The van der Waals surface area contributed by atoms with Gasteiger partial charge >= 0.3 is 0 Å². The van der Waals surface area contributed by atoms with Gasteiger partial charge in [0.1, 0.15) is 0 Å². The molecule has 5 heteroatoms. The van der Waals surface area contributed by atoms with E-state index >= 15 is 0 Å². The first kappa shape index (κ1) is 17.9. The lowest BCUT2D eigenvalue weighted by molar-refractivity contribution is -0.112. The zero-order valence-corrected chi connectivity index (χ0v) is 16.1. The van der Waals surface area contributed by atoms with Gasteiger partial charge in [-0.25, -0.2) is 0 Å². The molecule has 27 heavy (non-hydrogen) atoms. The number of amides is 2. The molecule has 0 bridgehead atoms. The smallest absolute Gasteiger partial charge is 0.262 e. The van der Waals surface area contributed by atoms with Gasteiger partial charge in [0.15, 0.2) is 0 Å². The fourth-order valence-electron chi connectivity index (χ4n) is 3.39. The molecule has 2 aliphatic rings. The fraction of sp³-hybridized carbons (Fsp3) is 0.273. The number of rotatable bonds is 2. The van der Waals surface area contributed by atoms with Gasteiger partial charge in [0.2, 0.25) is 0 Å². The van der Waals surface area contributed by atoms with Crippen LogP contribution in [0.3, 0.4) is 0 Å². The summed E-state index contributed by atoms with van der Waals surface area (Å²) in [6, 6.07) is 15.4. The average molecular weight is 378 g/mol. The van der Waals surface area contributed by atoms with Crippen molar-refractivity contribution in [1.29, 1.82) is 0 Å². The number of nitrogens with zero attached hydrogens (tertiary/aromatic N) is 1. The molecule has 2 aromatic rings. The van der Waals surface area contributed by atoms with E-state index in [1.165, 1.54) is 11.8 Å². The first-order valence-corrected chi connectivity index (χ1v) is 10.1. The fourth-order valence-corrected chi connectivity index (χ4v) is 4.32. The van der Waals surface area contributed by atoms with Crippen molar-refractivity contribution in [2.75, 3.05) is 18.4 Å². The Morgan fingerprint density at radius 2 is 1.89 bits per heavy atom. The lowest BCUT2D eigenvalue weighted by Crippen LogP contribution is -2.38. The molecular formula is C22H22N2O2S. The van der Waals surface area contributed by atoms with E-state index in [-0.39, 0.29) is 11.8 Å². The topological polar surface area (TPSA) is 49.4 Å². The number of benzene rings is 2. The van der Waals surface area contributed by atoms with Crippen molar-refractivity contribution in [2.24, 2.45) is 5.92 Å². The van der Waals surface area contributed by atoms with Gasteiger partial charge in [0.25, 0.3) is 11.8 Å². The van der Waals surface area contributed by atoms with Crippen LogP contribution in [0.1, 0.15) is 35.7 Å². The molecule has 2 aliphatic heterocycles. The molecule has 4 nitrogen and oxygen atoms in total. The Balaban J connectivity index is 1.54. The average Bonchev–Trinajstić information content (AvgIpc) is 2.69. The van der Waals surface area contributed by atoms with Gasteiger partial charge < -0.3 is 10.2 Å². The minimum atomic E-state index is -0.132. The molecule has 1 N–H and O–H groups in total. The zero-order valence-electron chi connectivity index (χ0n) is 15.3. The third-order valence-corrected chi connectivity index (χ3v) is 6.19. The molecule has 1 saturated heterocycles. The maximum Gasteiger partial charge on any atom is 0.262 e. The van der Waals surface area contributed by atoms with Gasteiger partial charge in [0.05, 0.1) is 10.6 Å². The van der Waals surface area contributed by atoms with Crippen molar-refractivity contribution in [3.05, 3.63) is 64.6 Å². The maximum absolute atomic E-state index is 12.8. The Morgan fingerprint density at radius 3 is 2.63 bits per heavy atom. The number of hydrogen-bond donors (Lipinski definition) is 1. The molecular weight excluding hydrogens is 356 g/mol. The van der Waals surface area contributed by atoms with Crippen molar-refractivity contribution in [1.82, 2.24) is 4.90 Å². The number of nitrogens with one attached hydrogen (secondary N) is 1. The number of anilines is 1. The molecule has 0 atom stereocenters. The van der Waals surface area contributed by atoms with Gasteiger partial charge in [-0.1, -0.05) is 49.0 Å². The van der Waals surface area contributed by atoms with Crippen LogP contribution < -0.4 is 5.32 Å². The molecule has 0 aromatic heterocycles. The van der Waals surface area contributed by atoms with Crippen molar-refractivity contribution in [2.45, 2.75) is 24.7 Å². The van der Waals surface area contributed by atoms with E-state index in [1.54, 1.807) is 6.07 Å². The summed E-state index contributed by atoms with van der Waals surface area (Å²) in [4.78, 5) is 28.8. The van der Waals surface area contributed by atoms with E-state index in [2.05, 4.69) is 12.2 Å². The van der Waals surface area contributed by atoms with Crippen molar-refractivity contribution < 1.29 is 9.59 Å². The molecule has 0 radical (unpaired) electrons. The molecule has 4 rings (SSSR count). The van der Waals surface area contributed by atoms with Crippen LogP contribution in [-0.4, -0.2) is 29.8 Å². The highest BCUT2D eigenvalue weighted by molar-refractivity contribution is 8.04. The van der Waals surface area contributed by atoms with Crippen LogP contribution in [0.4, 0.5) is 5.69 Å². The Kier molecular flexibility index (Phi) is 5.03. The van der Waals surface area contributed by atoms with Gasteiger partial charge in [-0.2, -0.15) is 0 Å². The first-order valence-electron chi connectivity index (χ1n) is 9.29. The number of fused-ring (bicyclic) bond motifs is 1. The maximum atomic E-state index is 12.8. The van der Waals surface area contributed by atoms with Gasteiger partial charge in [0, 0.05) is 23.5 Å². The predicted molar refractivity (Wildman–Crippen MR) is 110 cm³/mol. The van der Waals surface area contributed by atoms with Gasteiger partial charge in [-0.05, 0) is 48.6 Å². The normalized spacial score (nSPS) is 18.9. The van der Waals surface area contributed by atoms with Crippen molar-refractivity contribution >= 4 is 35.3 Å². The molecule has 2 amide bonds. The largest absolute Gasteiger partial charge is 0.339 e. The summed E-state index contributed by atoms with van der Waals surface area (Å²) in [5.41, 5.74) is 2.34. The highest BCUT2D eigenvalue weighted by Gasteiger charge is 2.25. The summed E-state index contributed by atoms with van der Waals surface area (Å²) >= 11 is 1.44. The molecule has 1 fully saturated rings. The minimum absolute atomic E-state index is 0.0505. The quantitative estimate of drug-likeness (QED) is 0.774. The second kappa shape index (κ2) is 7.61. The number of thioether (sulfide) groups is 1. The predicted octanol–water partition coefficient (Wildman–Crippen LogP) is 4.64. The summed E-state index contributed by atoms with van der Waals surface area (Å²) < 4.78 is 0. The summed E-state index contributed by atoms with van der Waals surface area (Å²) in [5, 5.41) is 2.94. The molecule has 2 heterocycles. The number of carbonyl (C=O) groups is 2. The number of hydrogen-bond acceptors (Lipinski definition) is 3. The lowest BCUT2D eigenvalue weighted by Gasteiger charge is -2.30. The van der Waals surface area contributed by atoms with E-state index < -0.39 is 0 Å². The van der Waals surface area contributed by atoms with Crippen LogP contribution in [-0.2, 0) is 4.79 Å². The van der Waals surface area contributed by atoms with E-state index in [0.717, 1.165) is 36.4 Å². The Morgan fingerprint density at radius 1 is 1.15 bits per heavy atom.